The highest BCUT2D eigenvalue weighted by molar-refractivity contribution is 5.80. The maximum atomic E-state index is 12.0. The molecule has 0 bridgehead atoms. The smallest absolute Gasteiger partial charge is 0.325 e. The fraction of sp³-hybridized carbons (Fsp3) is 0.933. The molecule has 1 unspecified atom stereocenters. The number of nitrogens with one attached hydrogen (secondary N) is 1. The van der Waals surface area contributed by atoms with Crippen molar-refractivity contribution < 1.29 is 19.4 Å². The topological polar surface area (TPSA) is 71.0 Å². The Balaban J connectivity index is 2.03. The maximum absolute atomic E-state index is 12.0. The van der Waals surface area contributed by atoms with Crippen molar-refractivity contribution in [1.29, 1.82) is 0 Å². The van der Waals surface area contributed by atoms with Crippen LogP contribution in [0.15, 0.2) is 0 Å². The largest absolute Gasteiger partial charge is 0.480 e. The molecule has 0 spiro atoms. The minimum atomic E-state index is -0.803. The third-order valence-electron chi connectivity index (χ3n) is 4.39. The fourth-order valence-electron chi connectivity index (χ4n) is 2.83. The monoisotopic (exact) mass is 300 g/mol. The number of hydrogen-bond acceptors (Lipinski definition) is 5. The summed E-state index contributed by atoms with van der Waals surface area (Å²) < 4.78 is 10.3. The molecule has 122 valence electrons. The number of carboxylic acid groups (broad SMARTS) is 1. The molecule has 0 amide bonds. The summed E-state index contributed by atoms with van der Waals surface area (Å²) in [5, 5.41) is 13.3. The van der Waals surface area contributed by atoms with Crippen LogP contribution in [-0.4, -0.2) is 74.6 Å². The molecular weight excluding hydrogens is 272 g/mol. The molecule has 2 saturated carbocycles. The van der Waals surface area contributed by atoms with E-state index in [0.717, 1.165) is 38.8 Å². The molecule has 2 fully saturated rings. The van der Waals surface area contributed by atoms with E-state index in [-0.39, 0.29) is 5.92 Å². The zero-order valence-corrected chi connectivity index (χ0v) is 13.1. The molecule has 0 heterocycles. The Bertz CT molecular complexity index is 337. The Morgan fingerprint density at radius 1 is 1.19 bits per heavy atom. The van der Waals surface area contributed by atoms with Crippen LogP contribution in [-0.2, 0) is 14.3 Å². The first-order chi connectivity index (χ1) is 10.1. The van der Waals surface area contributed by atoms with E-state index in [2.05, 4.69) is 10.2 Å². The summed E-state index contributed by atoms with van der Waals surface area (Å²) in [5.74, 6) is -0.458. The second kappa shape index (κ2) is 7.54. The number of rotatable bonds is 12. The Morgan fingerprint density at radius 2 is 1.76 bits per heavy atom. The number of aliphatic carboxylic acids is 1. The lowest BCUT2D eigenvalue weighted by atomic mass is 9.92. The molecular formula is C15H28N2O4. The molecule has 2 aliphatic carbocycles. The molecule has 0 aromatic carbocycles. The van der Waals surface area contributed by atoms with E-state index in [1.54, 1.807) is 14.2 Å². The highest BCUT2D eigenvalue weighted by Crippen LogP contribution is 2.42. The number of hydrogen-bond donors (Lipinski definition) is 2. The third kappa shape index (κ3) is 4.64. The number of ether oxygens (including phenoxy) is 2. The summed E-state index contributed by atoms with van der Waals surface area (Å²) in [6.07, 6.45) is 4.21. The first-order valence-electron chi connectivity index (χ1n) is 7.83. The zero-order chi connectivity index (χ0) is 15.3. The van der Waals surface area contributed by atoms with Crippen molar-refractivity contribution in [2.45, 2.75) is 37.3 Å². The number of nitrogens with zero attached hydrogens (tertiary/aromatic N) is 1. The highest BCUT2D eigenvalue weighted by atomic mass is 16.5. The van der Waals surface area contributed by atoms with Gasteiger partial charge in [-0.2, -0.15) is 0 Å². The summed E-state index contributed by atoms with van der Waals surface area (Å²) in [7, 11) is 3.34. The molecule has 6 heteroatoms. The molecule has 0 aromatic rings. The summed E-state index contributed by atoms with van der Waals surface area (Å²) in [6, 6.07) is 0.383. The molecule has 6 nitrogen and oxygen atoms in total. The van der Waals surface area contributed by atoms with Gasteiger partial charge < -0.3 is 14.6 Å². The molecule has 0 radical (unpaired) electrons. The van der Waals surface area contributed by atoms with Gasteiger partial charge in [0.2, 0.25) is 0 Å². The normalized spacial score (nSPS) is 21.5. The van der Waals surface area contributed by atoms with Crippen LogP contribution in [0.3, 0.4) is 0 Å². The van der Waals surface area contributed by atoms with Gasteiger partial charge in [0.1, 0.15) is 5.54 Å². The van der Waals surface area contributed by atoms with E-state index in [9.17, 15) is 9.90 Å². The Hall–Kier alpha value is -0.690. The lowest BCUT2D eigenvalue weighted by molar-refractivity contribution is -0.147. The van der Waals surface area contributed by atoms with E-state index in [1.807, 2.05) is 0 Å². The van der Waals surface area contributed by atoms with Crippen molar-refractivity contribution in [2.24, 2.45) is 5.92 Å². The van der Waals surface area contributed by atoms with Crippen molar-refractivity contribution in [3.63, 3.8) is 0 Å². The Labute approximate surface area is 126 Å². The Kier molecular flexibility index (Phi) is 5.98. The molecule has 0 aliphatic heterocycles. The van der Waals surface area contributed by atoms with Crippen LogP contribution < -0.4 is 5.32 Å². The fourth-order valence-corrected chi connectivity index (χ4v) is 2.83. The van der Waals surface area contributed by atoms with Gasteiger partial charge in [-0.05, 0) is 31.6 Å². The van der Waals surface area contributed by atoms with Crippen LogP contribution in [0.2, 0.25) is 0 Å². The SMILES string of the molecule is COCCN(CCOC)CC(NC1CC1)(C(=O)O)C1CC1. The summed E-state index contributed by atoms with van der Waals surface area (Å²) in [5.41, 5.74) is -0.803. The minimum absolute atomic E-state index is 0.253. The number of methoxy groups -OCH3 is 2. The van der Waals surface area contributed by atoms with E-state index in [1.165, 1.54) is 0 Å². The summed E-state index contributed by atoms with van der Waals surface area (Å²) >= 11 is 0. The third-order valence-corrected chi connectivity index (χ3v) is 4.39. The van der Waals surface area contributed by atoms with Crippen LogP contribution in [0.5, 0.6) is 0 Å². The van der Waals surface area contributed by atoms with Gasteiger partial charge in [-0.15, -0.1) is 0 Å². The van der Waals surface area contributed by atoms with Crippen molar-refractivity contribution in [3.05, 3.63) is 0 Å². The van der Waals surface area contributed by atoms with Gasteiger partial charge in [0.15, 0.2) is 0 Å². The molecule has 0 saturated heterocycles. The van der Waals surface area contributed by atoms with Gasteiger partial charge in [-0.1, -0.05) is 0 Å². The average Bonchev–Trinajstić information content (AvgIpc) is 3.33. The highest BCUT2D eigenvalue weighted by Gasteiger charge is 2.53. The molecule has 0 aromatic heterocycles. The van der Waals surface area contributed by atoms with Crippen LogP contribution in [0, 0.1) is 5.92 Å². The molecule has 21 heavy (non-hydrogen) atoms. The first kappa shape index (κ1) is 16.7. The Morgan fingerprint density at radius 3 is 2.14 bits per heavy atom. The average molecular weight is 300 g/mol. The minimum Gasteiger partial charge on any atom is -0.480 e. The second-order valence-corrected chi connectivity index (χ2v) is 6.23. The number of carboxylic acids is 1. The quantitative estimate of drug-likeness (QED) is 0.549. The lowest BCUT2D eigenvalue weighted by Crippen LogP contribution is -2.62. The van der Waals surface area contributed by atoms with Gasteiger partial charge in [-0.25, -0.2) is 0 Å². The van der Waals surface area contributed by atoms with Gasteiger partial charge in [0.25, 0.3) is 0 Å². The van der Waals surface area contributed by atoms with Crippen LogP contribution >= 0.6 is 0 Å². The van der Waals surface area contributed by atoms with Crippen molar-refractivity contribution >= 4 is 5.97 Å². The van der Waals surface area contributed by atoms with E-state index in [4.69, 9.17) is 9.47 Å². The molecule has 2 rings (SSSR count). The van der Waals surface area contributed by atoms with Crippen molar-refractivity contribution in [1.82, 2.24) is 10.2 Å². The first-order valence-corrected chi connectivity index (χ1v) is 7.83. The summed E-state index contributed by atoms with van der Waals surface area (Å²) in [6.45, 7) is 3.19. The van der Waals surface area contributed by atoms with Gasteiger partial charge in [0, 0.05) is 39.9 Å². The van der Waals surface area contributed by atoms with Gasteiger partial charge in [0.05, 0.1) is 13.2 Å². The molecule has 2 aliphatic rings. The second-order valence-electron chi connectivity index (χ2n) is 6.23. The number of carbonyl (C=O) groups is 1. The predicted molar refractivity (Wildman–Crippen MR) is 79.4 cm³/mol. The van der Waals surface area contributed by atoms with Crippen molar-refractivity contribution in [3.8, 4) is 0 Å². The van der Waals surface area contributed by atoms with Crippen LogP contribution in [0.4, 0.5) is 0 Å². The zero-order valence-electron chi connectivity index (χ0n) is 13.1. The van der Waals surface area contributed by atoms with Crippen LogP contribution in [0.25, 0.3) is 0 Å². The van der Waals surface area contributed by atoms with E-state index in [0.29, 0.717) is 25.8 Å². The van der Waals surface area contributed by atoms with Gasteiger partial charge >= 0.3 is 5.97 Å². The predicted octanol–water partition coefficient (Wildman–Crippen LogP) is 0.567. The lowest BCUT2D eigenvalue weighted by Gasteiger charge is -2.36. The van der Waals surface area contributed by atoms with E-state index >= 15 is 0 Å². The standard InChI is InChI=1S/C15H28N2O4/c1-20-9-7-17(8-10-21-2)11-15(14(18)19,12-3-4-12)16-13-5-6-13/h12-13,16H,3-11H2,1-2H3,(H,18,19). The van der Waals surface area contributed by atoms with Gasteiger partial charge in [-0.3, -0.25) is 15.0 Å². The van der Waals surface area contributed by atoms with Crippen molar-refractivity contribution in [2.75, 3.05) is 47.1 Å². The summed E-state index contributed by atoms with van der Waals surface area (Å²) in [4.78, 5) is 14.1. The molecule has 2 N–H and O–H groups in total. The van der Waals surface area contributed by atoms with E-state index < -0.39 is 11.5 Å². The maximum Gasteiger partial charge on any atom is 0.325 e. The van der Waals surface area contributed by atoms with Crippen LogP contribution in [0.1, 0.15) is 25.7 Å². The molecule has 1 atom stereocenters.